The molecule has 0 aliphatic carbocycles. The van der Waals surface area contributed by atoms with Gasteiger partial charge in [0.25, 0.3) is 0 Å². The van der Waals surface area contributed by atoms with Crippen LogP contribution in [-0.2, 0) is 4.74 Å². The molecule has 1 fully saturated rings. The Morgan fingerprint density at radius 3 is 2.44 bits per heavy atom. The van der Waals surface area contributed by atoms with Gasteiger partial charge in [-0.05, 0) is 46.6 Å². The summed E-state index contributed by atoms with van der Waals surface area (Å²) in [5.74, 6) is 0.915. The van der Waals surface area contributed by atoms with Crippen LogP contribution in [0.4, 0.5) is 0 Å². The number of hydrogen-bond acceptors (Lipinski definition) is 3. The van der Waals surface area contributed by atoms with Gasteiger partial charge < -0.3 is 10.5 Å². The summed E-state index contributed by atoms with van der Waals surface area (Å²) in [7, 11) is 0. The molecular weight excluding hydrogens is 286 g/mol. The van der Waals surface area contributed by atoms with Crippen LogP contribution in [-0.4, -0.2) is 12.2 Å². The fourth-order valence-electron chi connectivity index (χ4n) is 2.65. The second kappa shape index (κ2) is 4.77. The molecule has 5 atom stereocenters. The van der Waals surface area contributed by atoms with Crippen LogP contribution in [0.5, 0.6) is 0 Å². The summed E-state index contributed by atoms with van der Waals surface area (Å²) in [5, 5.41) is 4.22. The van der Waals surface area contributed by atoms with Crippen LogP contribution in [0.3, 0.4) is 0 Å². The molecule has 0 saturated carbocycles. The van der Waals surface area contributed by atoms with Crippen LogP contribution in [0, 0.1) is 11.8 Å². The van der Waals surface area contributed by atoms with Crippen molar-refractivity contribution in [3.8, 4) is 0 Å². The molecule has 16 heavy (non-hydrogen) atoms. The third kappa shape index (κ3) is 2.08. The molecule has 90 valence electrons. The maximum absolute atomic E-state index is 6.39. The van der Waals surface area contributed by atoms with Crippen molar-refractivity contribution < 1.29 is 4.74 Å². The molecule has 1 saturated heterocycles. The lowest BCUT2D eigenvalue weighted by Crippen LogP contribution is -2.30. The first-order chi connectivity index (χ1) is 7.52. The SMILES string of the molecule is CC1OC(C)C(C(N)c2cscc2Br)C1C. The highest BCUT2D eigenvalue weighted by molar-refractivity contribution is 9.10. The lowest BCUT2D eigenvalue weighted by Gasteiger charge is -2.25. The highest BCUT2D eigenvalue weighted by atomic mass is 79.9. The molecule has 1 aliphatic rings. The first-order valence-electron chi connectivity index (χ1n) is 5.65. The van der Waals surface area contributed by atoms with Crippen molar-refractivity contribution in [2.24, 2.45) is 17.6 Å². The van der Waals surface area contributed by atoms with E-state index < -0.39 is 0 Å². The smallest absolute Gasteiger partial charge is 0.0600 e. The van der Waals surface area contributed by atoms with Crippen molar-refractivity contribution in [3.05, 3.63) is 20.8 Å². The van der Waals surface area contributed by atoms with E-state index >= 15 is 0 Å². The van der Waals surface area contributed by atoms with Crippen LogP contribution >= 0.6 is 27.3 Å². The summed E-state index contributed by atoms with van der Waals surface area (Å²) in [6.45, 7) is 6.50. The van der Waals surface area contributed by atoms with Crippen molar-refractivity contribution in [2.45, 2.75) is 39.0 Å². The number of rotatable bonds is 2. The molecular formula is C12H18BrNOS. The molecule has 2 nitrogen and oxygen atoms in total. The van der Waals surface area contributed by atoms with Crippen molar-refractivity contribution in [1.82, 2.24) is 0 Å². The van der Waals surface area contributed by atoms with E-state index in [4.69, 9.17) is 10.5 Å². The molecule has 5 unspecified atom stereocenters. The van der Waals surface area contributed by atoms with Crippen molar-refractivity contribution in [1.29, 1.82) is 0 Å². The van der Waals surface area contributed by atoms with Crippen molar-refractivity contribution >= 4 is 27.3 Å². The molecule has 4 heteroatoms. The minimum absolute atomic E-state index is 0.0653. The Morgan fingerprint density at radius 1 is 1.31 bits per heavy atom. The summed E-state index contributed by atoms with van der Waals surface area (Å²) in [4.78, 5) is 0. The zero-order valence-corrected chi connectivity index (χ0v) is 12.2. The normalized spacial score (nSPS) is 36.6. The van der Waals surface area contributed by atoms with Gasteiger partial charge >= 0.3 is 0 Å². The molecule has 0 spiro atoms. The van der Waals surface area contributed by atoms with Gasteiger partial charge in [-0.25, -0.2) is 0 Å². The minimum atomic E-state index is 0.0653. The Labute approximate surface area is 109 Å². The van der Waals surface area contributed by atoms with E-state index in [1.165, 1.54) is 5.56 Å². The van der Waals surface area contributed by atoms with Gasteiger partial charge in [0.05, 0.1) is 12.2 Å². The highest BCUT2D eigenvalue weighted by Crippen LogP contribution is 2.41. The average molecular weight is 304 g/mol. The van der Waals surface area contributed by atoms with Gasteiger partial charge in [-0.2, -0.15) is 11.3 Å². The lowest BCUT2D eigenvalue weighted by molar-refractivity contribution is 0.0489. The molecule has 1 aromatic heterocycles. The van der Waals surface area contributed by atoms with E-state index in [0.717, 1.165) is 4.47 Å². The van der Waals surface area contributed by atoms with E-state index in [1.54, 1.807) is 11.3 Å². The lowest BCUT2D eigenvalue weighted by atomic mass is 9.82. The number of ether oxygens (including phenoxy) is 1. The second-order valence-corrected chi connectivity index (χ2v) is 6.28. The number of nitrogens with two attached hydrogens (primary N) is 1. The van der Waals surface area contributed by atoms with Gasteiger partial charge in [-0.3, -0.25) is 0 Å². The Balaban J connectivity index is 2.22. The largest absolute Gasteiger partial charge is 0.375 e. The van der Waals surface area contributed by atoms with Crippen LogP contribution in [0.15, 0.2) is 15.2 Å². The van der Waals surface area contributed by atoms with E-state index in [-0.39, 0.29) is 12.1 Å². The third-order valence-corrected chi connectivity index (χ3v) is 5.49. The fourth-order valence-corrected chi connectivity index (χ4v) is 4.26. The molecule has 0 bridgehead atoms. The third-order valence-electron chi connectivity index (χ3n) is 3.73. The zero-order chi connectivity index (χ0) is 11.9. The van der Waals surface area contributed by atoms with Gasteiger partial charge in [0.15, 0.2) is 0 Å². The average Bonchev–Trinajstić information content (AvgIpc) is 2.73. The number of thiophene rings is 1. The van der Waals surface area contributed by atoms with E-state index in [1.807, 2.05) is 0 Å². The van der Waals surface area contributed by atoms with Crippen LogP contribution in [0.1, 0.15) is 32.4 Å². The van der Waals surface area contributed by atoms with E-state index in [9.17, 15) is 0 Å². The molecule has 1 aromatic rings. The maximum Gasteiger partial charge on any atom is 0.0600 e. The van der Waals surface area contributed by atoms with Gasteiger partial charge in [-0.1, -0.05) is 6.92 Å². The summed E-state index contributed by atoms with van der Waals surface area (Å²) >= 11 is 5.25. The number of halogens is 1. The monoisotopic (exact) mass is 303 g/mol. The zero-order valence-electron chi connectivity index (χ0n) is 9.81. The highest BCUT2D eigenvalue weighted by Gasteiger charge is 2.41. The van der Waals surface area contributed by atoms with Gasteiger partial charge in [0, 0.05) is 21.8 Å². The van der Waals surface area contributed by atoms with Gasteiger partial charge in [0.1, 0.15) is 0 Å². The molecule has 1 aliphatic heterocycles. The Kier molecular flexibility index (Phi) is 3.74. The van der Waals surface area contributed by atoms with E-state index in [0.29, 0.717) is 17.9 Å². The van der Waals surface area contributed by atoms with Crippen molar-refractivity contribution in [2.75, 3.05) is 0 Å². The topological polar surface area (TPSA) is 35.2 Å². The first-order valence-corrected chi connectivity index (χ1v) is 7.38. The van der Waals surface area contributed by atoms with Gasteiger partial charge in [0.2, 0.25) is 0 Å². The first kappa shape index (κ1) is 12.6. The Morgan fingerprint density at radius 2 is 2.00 bits per heavy atom. The summed E-state index contributed by atoms with van der Waals surface area (Å²) < 4.78 is 6.98. The fraction of sp³-hybridized carbons (Fsp3) is 0.667. The molecule has 0 radical (unpaired) electrons. The Bertz CT molecular complexity index is 368. The quantitative estimate of drug-likeness (QED) is 0.906. The molecule has 2 rings (SSSR count). The van der Waals surface area contributed by atoms with Crippen molar-refractivity contribution in [3.63, 3.8) is 0 Å². The van der Waals surface area contributed by atoms with Gasteiger partial charge in [-0.15, -0.1) is 0 Å². The molecule has 0 aromatic carbocycles. The predicted octanol–water partition coefficient (Wildman–Crippen LogP) is 3.57. The summed E-state index contributed by atoms with van der Waals surface area (Å²) in [6.07, 6.45) is 0.551. The predicted molar refractivity (Wildman–Crippen MR) is 71.6 cm³/mol. The van der Waals surface area contributed by atoms with Crippen LogP contribution < -0.4 is 5.73 Å². The van der Waals surface area contributed by atoms with Crippen LogP contribution in [0.25, 0.3) is 0 Å². The number of hydrogen-bond donors (Lipinski definition) is 1. The Hall–Kier alpha value is 0.100. The molecule has 2 N–H and O–H groups in total. The summed E-state index contributed by atoms with van der Waals surface area (Å²) in [5.41, 5.74) is 7.60. The second-order valence-electron chi connectivity index (χ2n) is 4.68. The molecule has 2 heterocycles. The standard InChI is InChI=1S/C12H18BrNOS/c1-6-7(2)15-8(3)11(6)12(14)9-4-16-5-10(9)13/h4-8,11-12H,14H2,1-3H3. The minimum Gasteiger partial charge on any atom is -0.375 e. The van der Waals surface area contributed by atoms with E-state index in [2.05, 4.69) is 47.5 Å². The summed E-state index contributed by atoms with van der Waals surface area (Å²) in [6, 6.07) is 0.0653. The molecule has 0 amide bonds. The van der Waals surface area contributed by atoms with Crippen LogP contribution in [0.2, 0.25) is 0 Å². The maximum atomic E-state index is 6.39.